The summed E-state index contributed by atoms with van der Waals surface area (Å²) in [4.78, 5) is 25.3. The van der Waals surface area contributed by atoms with Crippen LogP contribution in [-0.2, 0) is 9.59 Å². The first-order chi connectivity index (χ1) is 9.86. The van der Waals surface area contributed by atoms with Gasteiger partial charge in [0.05, 0.1) is 12.6 Å². The summed E-state index contributed by atoms with van der Waals surface area (Å²) in [5.74, 6) is -0.986. The summed E-state index contributed by atoms with van der Waals surface area (Å²) < 4.78 is 12.9. The van der Waals surface area contributed by atoms with Crippen LogP contribution in [0.3, 0.4) is 0 Å². The molecule has 5 nitrogen and oxygen atoms in total. The fourth-order valence-electron chi connectivity index (χ4n) is 1.80. The van der Waals surface area contributed by atoms with Gasteiger partial charge in [-0.1, -0.05) is 13.8 Å². The van der Waals surface area contributed by atoms with E-state index in [1.54, 1.807) is 0 Å². The van der Waals surface area contributed by atoms with Gasteiger partial charge in [0.2, 0.25) is 11.8 Å². The number of nitrogens with two attached hydrogens (primary N) is 1. The zero-order valence-corrected chi connectivity index (χ0v) is 13.8. The zero-order chi connectivity index (χ0) is 16.0. The van der Waals surface area contributed by atoms with Gasteiger partial charge in [0.15, 0.2) is 0 Å². The lowest BCUT2D eigenvalue weighted by atomic mass is 10.1. The molecule has 0 saturated carbocycles. The molecule has 0 heterocycles. The van der Waals surface area contributed by atoms with Gasteiger partial charge < -0.3 is 16.0 Å². The maximum absolute atomic E-state index is 12.9. The van der Waals surface area contributed by atoms with Crippen molar-refractivity contribution in [2.75, 3.05) is 18.0 Å². The second-order valence-corrected chi connectivity index (χ2v) is 5.10. The third-order valence-electron chi connectivity index (χ3n) is 3.19. The predicted octanol–water partition coefficient (Wildman–Crippen LogP) is 1.70. The van der Waals surface area contributed by atoms with Crippen molar-refractivity contribution in [3.63, 3.8) is 0 Å². The van der Waals surface area contributed by atoms with E-state index < -0.39 is 6.04 Å². The number of nitrogens with zero attached hydrogens (tertiary/aromatic N) is 1. The van der Waals surface area contributed by atoms with E-state index in [1.807, 2.05) is 20.8 Å². The van der Waals surface area contributed by atoms with E-state index >= 15 is 0 Å². The average molecular weight is 332 g/mol. The summed E-state index contributed by atoms with van der Waals surface area (Å²) in [7, 11) is 0. The van der Waals surface area contributed by atoms with Crippen LogP contribution in [0.5, 0.6) is 0 Å². The van der Waals surface area contributed by atoms with Gasteiger partial charge in [-0.15, -0.1) is 12.4 Å². The maximum Gasteiger partial charge on any atom is 0.246 e. The highest BCUT2D eigenvalue weighted by Gasteiger charge is 2.19. The van der Waals surface area contributed by atoms with Gasteiger partial charge in [0.25, 0.3) is 0 Å². The van der Waals surface area contributed by atoms with Crippen molar-refractivity contribution in [3.05, 3.63) is 30.1 Å². The Morgan fingerprint density at radius 2 is 1.82 bits per heavy atom. The minimum absolute atomic E-state index is 0. The van der Waals surface area contributed by atoms with Crippen LogP contribution < -0.4 is 16.0 Å². The van der Waals surface area contributed by atoms with Crippen molar-refractivity contribution < 1.29 is 14.0 Å². The van der Waals surface area contributed by atoms with Crippen molar-refractivity contribution in [2.24, 2.45) is 11.7 Å². The number of nitrogens with one attached hydrogen (secondary N) is 1. The summed E-state index contributed by atoms with van der Waals surface area (Å²) >= 11 is 0. The number of halogens is 2. The molecule has 0 aliphatic carbocycles. The lowest BCUT2D eigenvalue weighted by Crippen LogP contribution is -2.48. The normalized spacial score (nSPS) is 11.5. The molecule has 7 heteroatoms. The Kier molecular flexibility index (Phi) is 8.67. The van der Waals surface area contributed by atoms with Crippen LogP contribution >= 0.6 is 12.4 Å². The topological polar surface area (TPSA) is 75.4 Å². The number of hydrogen-bond acceptors (Lipinski definition) is 3. The van der Waals surface area contributed by atoms with Crippen LogP contribution in [-0.4, -0.2) is 30.9 Å². The van der Waals surface area contributed by atoms with Crippen molar-refractivity contribution in [2.45, 2.75) is 26.8 Å². The lowest BCUT2D eigenvalue weighted by molar-refractivity contribution is -0.126. The quantitative estimate of drug-likeness (QED) is 0.833. The number of hydrogen-bond donors (Lipinski definition) is 2. The molecule has 0 saturated heterocycles. The van der Waals surface area contributed by atoms with Crippen LogP contribution in [0.4, 0.5) is 10.1 Å². The summed E-state index contributed by atoms with van der Waals surface area (Å²) in [5.41, 5.74) is 6.29. The van der Waals surface area contributed by atoms with E-state index in [2.05, 4.69) is 5.32 Å². The van der Waals surface area contributed by atoms with E-state index in [0.717, 1.165) is 0 Å². The summed E-state index contributed by atoms with van der Waals surface area (Å²) in [6.07, 6.45) is 0. The van der Waals surface area contributed by atoms with Gasteiger partial charge in [0, 0.05) is 12.2 Å². The molecule has 0 aromatic heterocycles. The van der Waals surface area contributed by atoms with Crippen molar-refractivity contribution in [3.8, 4) is 0 Å². The predicted molar refractivity (Wildman–Crippen MR) is 87.5 cm³/mol. The Hall–Kier alpha value is -1.66. The third-order valence-corrected chi connectivity index (χ3v) is 3.19. The summed E-state index contributed by atoms with van der Waals surface area (Å²) in [6.45, 7) is 5.77. The van der Waals surface area contributed by atoms with Crippen LogP contribution in [0.15, 0.2) is 24.3 Å². The molecule has 0 unspecified atom stereocenters. The largest absolute Gasteiger partial charge is 0.346 e. The first kappa shape index (κ1) is 20.3. The Morgan fingerprint density at radius 1 is 1.27 bits per heavy atom. The second kappa shape index (κ2) is 9.38. The van der Waals surface area contributed by atoms with Crippen LogP contribution in [0, 0.1) is 11.7 Å². The zero-order valence-electron chi connectivity index (χ0n) is 13.0. The molecule has 1 atom stereocenters. The Morgan fingerprint density at radius 3 is 2.27 bits per heavy atom. The molecule has 0 bridgehead atoms. The Labute approximate surface area is 136 Å². The monoisotopic (exact) mass is 331 g/mol. The van der Waals surface area contributed by atoms with E-state index in [0.29, 0.717) is 12.2 Å². The summed E-state index contributed by atoms with van der Waals surface area (Å²) in [6, 6.07) is 4.99. The molecule has 1 rings (SSSR count). The number of carbonyl (C=O) groups excluding carboxylic acids is 2. The summed E-state index contributed by atoms with van der Waals surface area (Å²) in [5, 5.41) is 2.53. The smallest absolute Gasteiger partial charge is 0.246 e. The molecule has 2 amide bonds. The fraction of sp³-hybridized carbons (Fsp3) is 0.467. The van der Waals surface area contributed by atoms with Gasteiger partial charge >= 0.3 is 0 Å². The third kappa shape index (κ3) is 5.61. The second-order valence-electron chi connectivity index (χ2n) is 5.10. The highest BCUT2D eigenvalue weighted by Crippen LogP contribution is 2.14. The number of amides is 2. The molecule has 1 aromatic carbocycles. The SMILES string of the molecule is CCN(C(=O)CNC(=O)[C@@H](N)C(C)C)c1ccc(F)cc1.Cl. The molecule has 0 aliphatic rings. The molecule has 0 spiro atoms. The molecule has 3 N–H and O–H groups in total. The Bertz CT molecular complexity index is 494. The number of anilines is 1. The van der Waals surface area contributed by atoms with Gasteiger partial charge in [0.1, 0.15) is 5.82 Å². The fourth-order valence-corrected chi connectivity index (χ4v) is 1.80. The minimum Gasteiger partial charge on any atom is -0.346 e. The standard InChI is InChI=1S/C15H22FN3O2.ClH/c1-4-19(12-7-5-11(16)6-8-12)13(20)9-18-15(21)14(17)10(2)3;/h5-8,10,14H,4,9,17H2,1-3H3,(H,18,21);1H/t14-;/m0./s1. The van der Waals surface area contributed by atoms with Gasteiger partial charge in [-0.2, -0.15) is 0 Å². The van der Waals surface area contributed by atoms with Crippen molar-refractivity contribution >= 4 is 29.9 Å². The molecule has 0 fully saturated rings. The molecule has 0 radical (unpaired) electrons. The molecule has 124 valence electrons. The average Bonchev–Trinajstić information content (AvgIpc) is 2.46. The number of likely N-dealkylation sites (N-methyl/N-ethyl adjacent to an activating group) is 1. The molecular weight excluding hydrogens is 309 g/mol. The maximum atomic E-state index is 12.9. The first-order valence-corrected chi connectivity index (χ1v) is 6.96. The molecule has 1 aromatic rings. The first-order valence-electron chi connectivity index (χ1n) is 6.96. The van der Waals surface area contributed by atoms with Crippen molar-refractivity contribution in [1.82, 2.24) is 5.32 Å². The lowest BCUT2D eigenvalue weighted by Gasteiger charge is -2.22. The van der Waals surface area contributed by atoms with E-state index in [4.69, 9.17) is 5.73 Å². The number of rotatable bonds is 6. The highest BCUT2D eigenvalue weighted by molar-refractivity contribution is 5.97. The Balaban J connectivity index is 0.00000441. The molecule has 22 heavy (non-hydrogen) atoms. The van der Waals surface area contributed by atoms with E-state index in [9.17, 15) is 14.0 Å². The van der Waals surface area contributed by atoms with E-state index in [1.165, 1.54) is 29.2 Å². The highest BCUT2D eigenvalue weighted by atomic mass is 35.5. The minimum atomic E-state index is -0.640. The van der Waals surface area contributed by atoms with Crippen LogP contribution in [0.1, 0.15) is 20.8 Å². The molecule has 0 aliphatic heterocycles. The molecular formula is C15H23ClFN3O2. The van der Waals surface area contributed by atoms with Crippen LogP contribution in [0.25, 0.3) is 0 Å². The van der Waals surface area contributed by atoms with Gasteiger partial charge in [-0.3, -0.25) is 9.59 Å². The van der Waals surface area contributed by atoms with Gasteiger partial charge in [-0.25, -0.2) is 4.39 Å². The number of carbonyl (C=O) groups is 2. The van der Waals surface area contributed by atoms with Crippen molar-refractivity contribution in [1.29, 1.82) is 0 Å². The van der Waals surface area contributed by atoms with Crippen LogP contribution in [0.2, 0.25) is 0 Å². The van der Waals surface area contributed by atoms with E-state index in [-0.39, 0.29) is 42.5 Å². The van der Waals surface area contributed by atoms with Gasteiger partial charge in [-0.05, 0) is 37.1 Å². The number of benzene rings is 1.